The Kier molecular flexibility index (Phi) is 4.92. The van der Waals surface area contributed by atoms with Gasteiger partial charge in [0.05, 0.1) is 7.11 Å². The van der Waals surface area contributed by atoms with Crippen molar-refractivity contribution in [3.05, 3.63) is 35.3 Å². The topological polar surface area (TPSA) is 71.2 Å². The molecular weight excluding hydrogens is 272 g/mol. The molecule has 1 aliphatic heterocycles. The van der Waals surface area contributed by atoms with E-state index < -0.39 is 29.6 Å². The van der Waals surface area contributed by atoms with Gasteiger partial charge >= 0.3 is 17.4 Å². The lowest BCUT2D eigenvalue weighted by atomic mass is 9.73. The number of hydrogen-bond acceptors (Lipinski definition) is 4. The first-order chi connectivity index (χ1) is 9.79. The lowest BCUT2D eigenvalue weighted by Gasteiger charge is -2.49. The van der Waals surface area contributed by atoms with Gasteiger partial charge < -0.3 is 9.84 Å². The molecule has 0 aliphatic carbocycles. The number of esters is 1. The summed E-state index contributed by atoms with van der Waals surface area (Å²) in [5.74, 6) is -1.22. The largest absolute Gasteiger partial charge is 0.464 e. The predicted octanol–water partition coefficient (Wildman–Crippen LogP) is 1.28. The second-order valence-corrected chi connectivity index (χ2v) is 5.17. The van der Waals surface area contributed by atoms with Crippen molar-refractivity contribution in [1.82, 2.24) is 4.90 Å². The third-order valence-corrected chi connectivity index (χ3v) is 3.69. The van der Waals surface area contributed by atoms with Crippen LogP contribution in [0.3, 0.4) is 0 Å². The minimum Gasteiger partial charge on any atom is -0.464 e. The molecule has 6 nitrogen and oxygen atoms in total. The molecule has 0 saturated carbocycles. The summed E-state index contributed by atoms with van der Waals surface area (Å²) < 4.78 is 4.71. The maximum absolute atomic E-state index is 12.5. The summed E-state index contributed by atoms with van der Waals surface area (Å²) in [5.41, 5.74) is -0.842. The van der Waals surface area contributed by atoms with Gasteiger partial charge in [-0.15, -0.1) is 6.58 Å². The van der Waals surface area contributed by atoms with Crippen LogP contribution >= 0.6 is 0 Å². The Balaban J connectivity index is 3.37. The fraction of sp³-hybridized carbons (Fsp3) is 0.533. The lowest BCUT2D eigenvalue weighted by Crippen LogP contribution is -2.76. The maximum atomic E-state index is 12.5. The van der Waals surface area contributed by atoms with E-state index in [0.717, 1.165) is 0 Å². The number of rotatable bonds is 5. The van der Waals surface area contributed by atoms with Crippen LogP contribution < -0.4 is 0 Å². The van der Waals surface area contributed by atoms with Crippen molar-refractivity contribution in [3.63, 3.8) is 0 Å². The van der Waals surface area contributed by atoms with Crippen LogP contribution in [0.4, 0.5) is 0 Å². The average molecular weight is 292 g/mol. The first-order valence-corrected chi connectivity index (χ1v) is 6.56. The summed E-state index contributed by atoms with van der Waals surface area (Å²) in [7, 11) is 1.23. The summed E-state index contributed by atoms with van der Waals surface area (Å²) in [5, 5.41) is 9.90. The van der Waals surface area contributed by atoms with Gasteiger partial charge in [-0.2, -0.15) is 0 Å². The van der Waals surface area contributed by atoms with E-state index in [1.807, 2.05) is 0 Å². The summed E-state index contributed by atoms with van der Waals surface area (Å²) in [6, 6.07) is -0.635. The van der Waals surface area contributed by atoms with Gasteiger partial charge in [0.1, 0.15) is 17.8 Å². The molecule has 0 radical (unpaired) electrons. The summed E-state index contributed by atoms with van der Waals surface area (Å²) in [6.07, 6.45) is 0.721. The van der Waals surface area contributed by atoms with Gasteiger partial charge in [0.15, 0.2) is 0 Å². The molecular formula is C15H20N2O4. The van der Waals surface area contributed by atoms with Gasteiger partial charge in [-0.25, -0.2) is 11.4 Å². The average Bonchev–Trinajstić information content (AvgIpc) is 2.43. The number of hydrogen-bond donors (Lipinski definition) is 1. The van der Waals surface area contributed by atoms with E-state index in [1.54, 1.807) is 19.9 Å². The Morgan fingerprint density at radius 1 is 1.67 bits per heavy atom. The number of likely N-dealkylation sites (tertiary alicyclic amines) is 1. The van der Waals surface area contributed by atoms with E-state index in [9.17, 15) is 14.7 Å². The van der Waals surface area contributed by atoms with Crippen molar-refractivity contribution in [3.8, 4) is 0 Å². The monoisotopic (exact) mass is 292 g/mol. The zero-order valence-electron chi connectivity index (χ0n) is 12.7. The number of carbonyl (C=O) groups is 2. The minimum absolute atomic E-state index is 0.120. The normalized spacial score (nSPS) is 25.4. The molecule has 0 aromatic heterocycles. The molecule has 0 aromatic rings. The minimum atomic E-state index is -1.57. The third kappa shape index (κ3) is 2.34. The molecule has 1 N–H and O–H groups in total. The van der Waals surface area contributed by atoms with Gasteiger partial charge in [-0.05, 0) is 32.8 Å². The van der Waals surface area contributed by atoms with E-state index in [1.165, 1.54) is 18.9 Å². The van der Waals surface area contributed by atoms with Crippen molar-refractivity contribution in [1.29, 1.82) is 0 Å². The molecule has 1 aliphatic rings. The molecule has 1 heterocycles. The summed E-state index contributed by atoms with van der Waals surface area (Å²) in [4.78, 5) is 29.0. The number of nitrogens with zero attached hydrogens (tertiary/aromatic N) is 2. The highest BCUT2D eigenvalue weighted by atomic mass is 16.5. The molecule has 1 rings (SSSR count). The summed E-state index contributed by atoms with van der Waals surface area (Å²) >= 11 is 0. The Hall–Kier alpha value is -2.13. The van der Waals surface area contributed by atoms with Crippen molar-refractivity contribution in [2.45, 2.75) is 44.9 Å². The van der Waals surface area contributed by atoms with Gasteiger partial charge in [0.25, 0.3) is 0 Å². The van der Waals surface area contributed by atoms with Gasteiger partial charge in [0, 0.05) is 0 Å². The van der Waals surface area contributed by atoms with Crippen molar-refractivity contribution >= 4 is 11.9 Å². The molecule has 114 valence electrons. The van der Waals surface area contributed by atoms with E-state index in [4.69, 9.17) is 11.3 Å². The lowest BCUT2D eigenvalue weighted by molar-refractivity contribution is -0.163. The number of aliphatic hydroxyl groups excluding tert-OH is 1. The van der Waals surface area contributed by atoms with Crippen LogP contribution in [-0.4, -0.2) is 46.7 Å². The molecule has 6 heteroatoms. The molecule has 0 bridgehead atoms. The number of β-lactam (4-membered cyclic amide) rings is 1. The Labute approximate surface area is 124 Å². The highest BCUT2D eigenvalue weighted by molar-refractivity contribution is 6.04. The molecule has 2 unspecified atom stereocenters. The van der Waals surface area contributed by atoms with Crippen molar-refractivity contribution in [2.24, 2.45) is 0 Å². The molecule has 1 saturated heterocycles. The fourth-order valence-electron chi connectivity index (χ4n) is 2.62. The fourth-order valence-corrected chi connectivity index (χ4v) is 2.62. The number of carbonyl (C=O) groups excluding carboxylic acids is 2. The smallest absolute Gasteiger partial charge is 0.354 e. The second kappa shape index (κ2) is 6.10. The van der Waals surface area contributed by atoms with E-state index >= 15 is 0 Å². The van der Waals surface area contributed by atoms with Crippen LogP contribution in [-0.2, 0) is 14.3 Å². The first-order valence-electron chi connectivity index (χ1n) is 6.56. The van der Waals surface area contributed by atoms with Gasteiger partial charge in [0.2, 0.25) is 0 Å². The molecule has 21 heavy (non-hydrogen) atoms. The standard InChI is InChI=1S/C15H20N2O4/c1-7-8-11-15(16-5,10(4)18)14(20)17(11)12(9(2)3)13(19)21-6/h7,10-11,18H,1,8H2,2-4,6H3/t10?,11-,15?/m1/s1. The quantitative estimate of drug-likeness (QED) is 0.272. The SMILES string of the molecule is [C-]#[N+]C1(C(C)O)C(=O)N(C(C(=O)OC)=C(C)C)[C@@H]1CC=C. The Bertz CT molecular complexity index is 540. The van der Waals surface area contributed by atoms with Crippen molar-refractivity contribution in [2.75, 3.05) is 7.11 Å². The number of allylic oxidation sites excluding steroid dienone is 1. The maximum Gasteiger partial charge on any atom is 0.354 e. The van der Waals surface area contributed by atoms with Crippen molar-refractivity contribution < 1.29 is 19.4 Å². The molecule has 0 aromatic carbocycles. The van der Waals surface area contributed by atoms with Gasteiger partial charge in [-0.3, -0.25) is 14.5 Å². The molecule has 1 amide bonds. The Morgan fingerprint density at radius 2 is 2.24 bits per heavy atom. The first kappa shape index (κ1) is 16.9. The summed E-state index contributed by atoms with van der Waals surface area (Å²) in [6.45, 7) is 15.7. The number of aliphatic hydroxyl groups is 1. The van der Waals surface area contributed by atoms with Crippen LogP contribution in [0.5, 0.6) is 0 Å². The van der Waals surface area contributed by atoms with E-state index in [-0.39, 0.29) is 5.70 Å². The molecule has 1 fully saturated rings. The zero-order valence-corrected chi connectivity index (χ0v) is 12.7. The highest BCUT2D eigenvalue weighted by Crippen LogP contribution is 2.43. The molecule has 0 spiro atoms. The van der Waals surface area contributed by atoms with Crippen LogP contribution in [0, 0.1) is 6.57 Å². The Morgan fingerprint density at radius 3 is 2.57 bits per heavy atom. The zero-order chi connectivity index (χ0) is 16.4. The number of methoxy groups -OCH3 is 1. The van der Waals surface area contributed by atoms with Crippen LogP contribution in [0.2, 0.25) is 0 Å². The number of ether oxygens (including phenoxy) is 1. The number of amides is 1. The second-order valence-electron chi connectivity index (χ2n) is 5.17. The predicted molar refractivity (Wildman–Crippen MR) is 76.9 cm³/mol. The van der Waals surface area contributed by atoms with E-state index in [0.29, 0.717) is 12.0 Å². The van der Waals surface area contributed by atoms with Crippen LogP contribution in [0.25, 0.3) is 4.85 Å². The third-order valence-electron chi connectivity index (χ3n) is 3.69. The van der Waals surface area contributed by atoms with Crippen LogP contribution in [0.15, 0.2) is 23.9 Å². The highest BCUT2D eigenvalue weighted by Gasteiger charge is 2.71. The molecule has 3 atom stereocenters. The van der Waals surface area contributed by atoms with Gasteiger partial charge in [-0.1, -0.05) is 6.08 Å². The van der Waals surface area contributed by atoms with E-state index in [2.05, 4.69) is 11.4 Å². The van der Waals surface area contributed by atoms with Crippen LogP contribution in [0.1, 0.15) is 27.2 Å².